The molecule has 3 aliphatic heterocycles. The molecule has 0 aromatic heterocycles. The highest BCUT2D eigenvalue weighted by Gasteiger charge is 2.76. The Kier molecular flexibility index (Phi) is 6.99. The number of aliphatic hydroxyl groups excluding tert-OH is 1. The van der Waals surface area contributed by atoms with Crippen LogP contribution in [0.5, 0.6) is 0 Å². The summed E-state index contributed by atoms with van der Waals surface area (Å²) in [7, 11) is 0. The molecule has 0 aliphatic carbocycles. The largest absolute Gasteiger partial charge is 0.396 e. The Balaban J connectivity index is 1.69. The number of unbranched alkanes of at least 4 members (excludes halogenated alkanes) is 1. The number of hydrogen-bond acceptors (Lipinski definition) is 5. The molecule has 1 aromatic rings. The first-order valence-corrected chi connectivity index (χ1v) is 12.9. The molecule has 4 rings (SSSR count). The second-order valence-corrected chi connectivity index (χ2v) is 11.8. The van der Waals surface area contributed by atoms with Gasteiger partial charge in [-0.1, -0.05) is 30.7 Å². The molecule has 33 heavy (non-hydrogen) atoms. The number of amides is 3. The van der Waals surface area contributed by atoms with E-state index in [-0.39, 0.29) is 29.1 Å². The van der Waals surface area contributed by atoms with Gasteiger partial charge in [0, 0.05) is 24.4 Å². The van der Waals surface area contributed by atoms with Crippen molar-refractivity contribution < 1.29 is 19.5 Å². The number of carbonyl (C=O) groups excluding carboxylic acids is 3. The maximum absolute atomic E-state index is 13.8. The van der Waals surface area contributed by atoms with E-state index in [4.69, 9.17) is 11.6 Å². The van der Waals surface area contributed by atoms with Crippen molar-refractivity contribution >= 4 is 46.8 Å². The normalized spacial score (nSPS) is 32.2. The molecule has 0 radical (unpaired) electrons. The third-order valence-corrected chi connectivity index (χ3v) is 9.61. The summed E-state index contributed by atoms with van der Waals surface area (Å²) in [5.41, 5.74) is 0.507. The van der Waals surface area contributed by atoms with Crippen LogP contribution in [0.3, 0.4) is 0 Å². The number of anilines is 1. The zero-order chi connectivity index (χ0) is 23.8. The van der Waals surface area contributed by atoms with Crippen LogP contribution in [0.25, 0.3) is 0 Å². The molecule has 2 bridgehead atoms. The van der Waals surface area contributed by atoms with Crippen LogP contribution < -0.4 is 10.6 Å². The van der Waals surface area contributed by atoms with Gasteiger partial charge in [0.25, 0.3) is 0 Å². The number of likely N-dealkylation sites (tertiary alicyclic amines) is 1. The molecule has 3 saturated heterocycles. The van der Waals surface area contributed by atoms with Crippen LogP contribution in [0.15, 0.2) is 24.3 Å². The lowest BCUT2D eigenvalue weighted by Gasteiger charge is -2.34. The zero-order valence-corrected chi connectivity index (χ0v) is 20.7. The number of fused-ring (bicyclic) bond motifs is 1. The molecule has 1 aromatic carbocycles. The maximum Gasteiger partial charge on any atom is 0.248 e. The first kappa shape index (κ1) is 24.4. The molecule has 3 aliphatic rings. The second kappa shape index (κ2) is 9.47. The molecule has 3 N–H and O–H groups in total. The second-order valence-electron chi connectivity index (χ2n) is 9.45. The van der Waals surface area contributed by atoms with Crippen molar-refractivity contribution in [3.63, 3.8) is 0 Å². The van der Waals surface area contributed by atoms with Crippen LogP contribution in [0, 0.1) is 11.8 Å². The monoisotopic (exact) mass is 493 g/mol. The van der Waals surface area contributed by atoms with E-state index in [1.807, 2.05) is 6.92 Å². The number of nitrogens with zero attached hydrogens (tertiary/aromatic N) is 1. The highest BCUT2D eigenvalue weighted by molar-refractivity contribution is 8.02. The van der Waals surface area contributed by atoms with E-state index in [0.717, 1.165) is 12.8 Å². The van der Waals surface area contributed by atoms with Crippen molar-refractivity contribution in [2.75, 3.05) is 25.0 Å². The number of hydrogen-bond donors (Lipinski definition) is 3. The standard InChI is InChI=1S/C24H32ClN3O4S/c1-3-12-26-20(30)17-18-22(32)28(13-6-7-14-29)19(24(18)11-10-23(17,2)33-24)21(31)27-16-9-5-4-8-15(16)25/h4-5,8-9,17-19,29H,3,6-7,10-14H2,1-2H3,(H,26,30)(H,27,31)/t17-,18+,19?,23+,24?/m1/s1. The summed E-state index contributed by atoms with van der Waals surface area (Å²) >= 11 is 7.94. The molecular formula is C24H32ClN3O4S. The van der Waals surface area contributed by atoms with Crippen molar-refractivity contribution in [2.45, 2.75) is 61.5 Å². The van der Waals surface area contributed by atoms with Gasteiger partial charge in [-0.2, -0.15) is 0 Å². The Morgan fingerprint density at radius 1 is 1.24 bits per heavy atom. The van der Waals surface area contributed by atoms with Crippen molar-refractivity contribution in [1.29, 1.82) is 0 Å². The van der Waals surface area contributed by atoms with Crippen LogP contribution in [-0.4, -0.2) is 63.0 Å². The van der Waals surface area contributed by atoms with Crippen LogP contribution >= 0.6 is 23.4 Å². The highest BCUT2D eigenvalue weighted by atomic mass is 35.5. The summed E-state index contributed by atoms with van der Waals surface area (Å²) < 4.78 is -1.02. The van der Waals surface area contributed by atoms with Crippen LogP contribution in [0.2, 0.25) is 5.02 Å². The van der Waals surface area contributed by atoms with E-state index in [1.165, 1.54) is 0 Å². The average molecular weight is 494 g/mol. The molecule has 3 heterocycles. The number of nitrogens with one attached hydrogen (secondary N) is 2. The Morgan fingerprint density at radius 3 is 2.70 bits per heavy atom. The van der Waals surface area contributed by atoms with Crippen LogP contribution in [0.1, 0.15) is 46.0 Å². The lowest BCUT2D eigenvalue weighted by atomic mass is 9.66. The first-order valence-electron chi connectivity index (χ1n) is 11.7. The lowest BCUT2D eigenvalue weighted by Crippen LogP contribution is -2.52. The molecule has 9 heteroatoms. The van der Waals surface area contributed by atoms with Gasteiger partial charge in [-0.3, -0.25) is 14.4 Å². The van der Waals surface area contributed by atoms with Crippen LogP contribution in [-0.2, 0) is 14.4 Å². The quantitative estimate of drug-likeness (QED) is 0.459. The van der Waals surface area contributed by atoms with Gasteiger partial charge < -0.3 is 20.6 Å². The Labute approximate surface area is 204 Å². The number of aliphatic hydroxyl groups is 1. The maximum atomic E-state index is 13.8. The summed E-state index contributed by atoms with van der Waals surface area (Å²) in [6.45, 7) is 5.03. The van der Waals surface area contributed by atoms with Gasteiger partial charge in [0.2, 0.25) is 17.7 Å². The van der Waals surface area contributed by atoms with Gasteiger partial charge in [0.1, 0.15) is 6.04 Å². The summed E-state index contributed by atoms with van der Waals surface area (Å²) in [6, 6.07) is 6.35. The summed E-state index contributed by atoms with van der Waals surface area (Å²) in [5.74, 6) is -1.48. The molecule has 1 spiro atoms. The molecule has 7 nitrogen and oxygen atoms in total. The Bertz CT molecular complexity index is 946. The number of carbonyl (C=O) groups is 3. The van der Waals surface area contributed by atoms with Gasteiger partial charge in [-0.25, -0.2) is 0 Å². The smallest absolute Gasteiger partial charge is 0.248 e. The number of halogens is 1. The zero-order valence-electron chi connectivity index (χ0n) is 19.1. The summed E-state index contributed by atoms with van der Waals surface area (Å²) in [6.07, 6.45) is 3.45. The van der Waals surface area contributed by atoms with Gasteiger partial charge in [-0.15, -0.1) is 11.8 Å². The minimum atomic E-state index is -0.694. The lowest BCUT2D eigenvalue weighted by molar-refractivity contribution is -0.140. The van der Waals surface area contributed by atoms with E-state index in [0.29, 0.717) is 43.1 Å². The number of benzene rings is 1. The number of thioether (sulfide) groups is 1. The molecular weight excluding hydrogens is 462 g/mol. The summed E-state index contributed by atoms with van der Waals surface area (Å²) in [5, 5.41) is 15.6. The van der Waals surface area contributed by atoms with Crippen molar-refractivity contribution in [3.05, 3.63) is 29.3 Å². The molecule has 0 saturated carbocycles. The third kappa shape index (κ3) is 4.04. The van der Waals surface area contributed by atoms with Gasteiger partial charge in [0.05, 0.1) is 27.3 Å². The fourth-order valence-electron chi connectivity index (χ4n) is 5.88. The summed E-state index contributed by atoms with van der Waals surface area (Å²) in [4.78, 5) is 42.4. The molecule has 2 unspecified atom stereocenters. The van der Waals surface area contributed by atoms with Crippen molar-refractivity contribution in [1.82, 2.24) is 10.2 Å². The van der Waals surface area contributed by atoms with Gasteiger partial charge in [0.15, 0.2) is 0 Å². The van der Waals surface area contributed by atoms with E-state index in [2.05, 4.69) is 17.6 Å². The topological polar surface area (TPSA) is 98.7 Å². The minimum Gasteiger partial charge on any atom is -0.396 e. The predicted molar refractivity (Wildman–Crippen MR) is 130 cm³/mol. The molecule has 5 atom stereocenters. The van der Waals surface area contributed by atoms with Crippen LogP contribution in [0.4, 0.5) is 5.69 Å². The third-order valence-electron chi connectivity index (χ3n) is 7.30. The van der Waals surface area contributed by atoms with E-state index in [9.17, 15) is 19.5 Å². The number of para-hydroxylation sites is 1. The Morgan fingerprint density at radius 2 is 2.00 bits per heavy atom. The Hall–Kier alpha value is -1.77. The fraction of sp³-hybridized carbons (Fsp3) is 0.625. The van der Waals surface area contributed by atoms with E-state index in [1.54, 1.807) is 40.9 Å². The first-order chi connectivity index (χ1) is 15.8. The SMILES string of the molecule is CCCNC(=O)[C@H]1[C@H]2C(=O)N(CCCCO)C(C(=O)Nc3ccccc3Cl)C23CC[C@]1(C)S3. The minimum absolute atomic E-state index is 0.0297. The molecule has 3 amide bonds. The highest BCUT2D eigenvalue weighted by Crippen LogP contribution is 2.71. The van der Waals surface area contributed by atoms with Crippen molar-refractivity contribution in [2.24, 2.45) is 11.8 Å². The van der Waals surface area contributed by atoms with Gasteiger partial charge >= 0.3 is 0 Å². The molecule has 3 fully saturated rings. The fourth-order valence-corrected chi connectivity index (χ4v) is 8.42. The van der Waals surface area contributed by atoms with Crippen molar-refractivity contribution in [3.8, 4) is 0 Å². The molecule has 180 valence electrons. The van der Waals surface area contributed by atoms with E-state index < -0.39 is 22.6 Å². The predicted octanol–water partition coefficient (Wildman–Crippen LogP) is 3.06. The average Bonchev–Trinajstić information content (AvgIpc) is 3.35. The number of rotatable bonds is 9. The van der Waals surface area contributed by atoms with Gasteiger partial charge in [-0.05, 0) is 51.2 Å². The van der Waals surface area contributed by atoms with E-state index >= 15 is 0 Å².